The summed E-state index contributed by atoms with van der Waals surface area (Å²) in [5, 5.41) is 9.15. The fourth-order valence-corrected chi connectivity index (χ4v) is 2.54. The van der Waals surface area contributed by atoms with E-state index in [-0.39, 0.29) is 11.4 Å². The lowest BCUT2D eigenvalue weighted by molar-refractivity contribution is 0.0697. The third-order valence-electron chi connectivity index (χ3n) is 2.51. The highest BCUT2D eigenvalue weighted by molar-refractivity contribution is 7.98. The van der Waals surface area contributed by atoms with E-state index in [1.165, 1.54) is 30.0 Å². The van der Waals surface area contributed by atoms with Crippen molar-refractivity contribution in [3.63, 3.8) is 0 Å². The number of hydrogen-bond acceptors (Lipinski definition) is 2. The van der Waals surface area contributed by atoms with Crippen LogP contribution in [-0.4, -0.2) is 11.1 Å². The smallest absolute Gasteiger partial charge is 0.335 e. The molecule has 0 amide bonds. The Kier molecular flexibility index (Phi) is 4.45. The third-order valence-corrected chi connectivity index (χ3v) is 3.81. The standard InChI is InChI=1S/C14H10ClFO2S/c15-11-4-1-10(13(16)7-11)8-19-12-5-2-9(3-6-12)14(17)18/h1-7H,8H2,(H,17,18). The van der Waals surface area contributed by atoms with Crippen molar-refractivity contribution in [1.82, 2.24) is 0 Å². The zero-order chi connectivity index (χ0) is 13.8. The molecule has 0 atom stereocenters. The number of aromatic carboxylic acids is 1. The molecule has 0 aliphatic heterocycles. The molecule has 98 valence electrons. The Morgan fingerprint density at radius 2 is 1.89 bits per heavy atom. The molecule has 0 fully saturated rings. The number of carboxylic acid groups (broad SMARTS) is 1. The van der Waals surface area contributed by atoms with Crippen LogP contribution in [0.25, 0.3) is 0 Å². The summed E-state index contributed by atoms with van der Waals surface area (Å²) in [6, 6.07) is 11.1. The Hall–Kier alpha value is -1.52. The van der Waals surface area contributed by atoms with Crippen LogP contribution >= 0.6 is 23.4 Å². The summed E-state index contributed by atoms with van der Waals surface area (Å²) in [5.74, 6) is -0.822. The minimum Gasteiger partial charge on any atom is -0.478 e. The molecule has 1 N–H and O–H groups in total. The van der Waals surface area contributed by atoms with Gasteiger partial charge in [0.15, 0.2) is 0 Å². The average molecular weight is 297 g/mol. The lowest BCUT2D eigenvalue weighted by Gasteiger charge is -2.04. The molecule has 5 heteroatoms. The molecule has 0 radical (unpaired) electrons. The molecule has 0 bridgehead atoms. The van der Waals surface area contributed by atoms with Crippen LogP contribution in [0.2, 0.25) is 5.02 Å². The van der Waals surface area contributed by atoms with Crippen LogP contribution in [-0.2, 0) is 5.75 Å². The molecule has 0 aliphatic rings. The second-order valence-electron chi connectivity index (χ2n) is 3.85. The minimum absolute atomic E-state index is 0.238. The molecule has 2 nitrogen and oxygen atoms in total. The summed E-state index contributed by atoms with van der Waals surface area (Å²) in [6.07, 6.45) is 0. The fraction of sp³-hybridized carbons (Fsp3) is 0.0714. The molecule has 2 aromatic carbocycles. The zero-order valence-corrected chi connectivity index (χ0v) is 11.3. The number of carboxylic acids is 1. The number of hydrogen-bond donors (Lipinski definition) is 1. The van der Waals surface area contributed by atoms with Crippen molar-refractivity contribution in [2.75, 3.05) is 0 Å². The van der Waals surface area contributed by atoms with Gasteiger partial charge in [-0.2, -0.15) is 0 Å². The maximum absolute atomic E-state index is 13.5. The van der Waals surface area contributed by atoms with Crippen molar-refractivity contribution in [2.24, 2.45) is 0 Å². The van der Waals surface area contributed by atoms with Gasteiger partial charge >= 0.3 is 5.97 Å². The molecular formula is C14H10ClFO2S. The second kappa shape index (κ2) is 6.08. The van der Waals surface area contributed by atoms with E-state index in [1.54, 1.807) is 24.3 Å². The normalized spacial score (nSPS) is 10.4. The summed E-state index contributed by atoms with van der Waals surface area (Å²) in [5.41, 5.74) is 0.804. The first-order valence-electron chi connectivity index (χ1n) is 5.46. The maximum Gasteiger partial charge on any atom is 0.335 e. The third kappa shape index (κ3) is 3.72. The van der Waals surface area contributed by atoms with Crippen molar-refractivity contribution < 1.29 is 14.3 Å². The van der Waals surface area contributed by atoms with E-state index in [1.807, 2.05) is 0 Å². The van der Waals surface area contributed by atoms with Crippen molar-refractivity contribution in [3.8, 4) is 0 Å². The summed E-state index contributed by atoms with van der Waals surface area (Å²) >= 11 is 7.12. The lowest BCUT2D eigenvalue weighted by atomic mass is 10.2. The van der Waals surface area contributed by atoms with Crippen molar-refractivity contribution in [3.05, 3.63) is 64.4 Å². The first-order valence-corrected chi connectivity index (χ1v) is 6.83. The second-order valence-corrected chi connectivity index (χ2v) is 5.34. The molecule has 0 spiro atoms. The number of carbonyl (C=O) groups is 1. The van der Waals surface area contributed by atoms with Crippen LogP contribution < -0.4 is 0 Å². The summed E-state index contributed by atoms with van der Waals surface area (Å²) < 4.78 is 13.5. The molecule has 2 rings (SSSR count). The highest BCUT2D eigenvalue weighted by atomic mass is 35.5. The van der Waals surface area contributed by atoms with E-state index < -0.39 is 5.97 Å². The molecular weight excluding hydrogens is 287 g/mol. The van der Waals surface area contributed by atoms with Crippen LogP contribution in [0.1, 0.15) is 15.9 Å². The summed E-state index contributed by atoms with van der Waals surface area (Å²) in [6.45, 7) is 0. The van der Waals surface area contributed by atoms with E-state index in [9.17, 15) is 9.18 Å². The molecule has 0 heterocycles. The largest absolute Gasteiger partial charge is 0.478 e. The van der Waals surface area contributed by atoms with E-state index in [4.69, 9.17) is 16.7 Å². The Labute approximate surface area is 119 Å². The van der Waals surface area contributed by atoms with Gasteiger partial charge in [0.05, 0.1) is 5.56 Å². The number of halogens is 2. The summed E-state index contributed by atoms with van der Waals surface area (Å²) in [4.78, 5) is 11.6. The molecule has 0 unspecified atom stereocenters. The van der Waals surface area contributed by atoms with Crippen LogP contribution in [0.4, 0.5) is 4.39 Å². The first-order chi connectivity index (χ1) is 9.06. The predicted molar refractivity (Wildman–Crippen MR) is 74.4 cm³/mol. The predicted octanol–water partition coefficient (Wildman–Crippen LogP) is 4.47. The van der Waals surface area contributed by atoms with Gasteiger partial charge in [-0.3, -0.25) is 0 Å². The number of benzene rings is 2. The Balaban J connectivity index is 2.04. The molecule has 2 aromatic rings. The lowest BCUT2D eigenvalue weighted by Crippen LogP contribution is -1.94. The van der Waals surface area contributed by atoms with Crippen LogP contribution in [0, 0.1) is 5.82 Å². The van der Waals surface area contributed by atoms with Crippen LogP contribution in [0.15, 0.2) is 47.4 Å². The Bertz CT molecular complexity index is 599. The maximum atomic E-state index is 13.5. The van der Waals surface area contributed by atoms with Gasteiger partial charge in [0.1, 0.15) is 5.82 Å². The first kappa shape index (κ1) is 13.9. The van der Waals surface area contributed by atoms with E-state index in [0.717, 1.165) is 4.90 Å². The van der Waals surface area contributed by atoms with Gasteiger partial charge in [-0.15, -0.1) is 11.8 Å². The molecule has 0 aliphatic carbocycles. The molecule has 19 heavy (non-hydrogen) atoms. The van der Waals surface area contributed by atoms with E-state index in [0.29, 0.717) is 16.3 Å². The topological polar surface area (TPSA) is 37.3 Å². The Morgan fingerprint density at radius 3 is 2.47 bits per heavy atom. The molecule has 0 aromatic heterocycles. The molecule has 0 saturated heterocycles. The number of rotatable bonds is 4. The van der Waals surface area contributed by atoms with Crippen LogP contribution in [0.3, 0.4) is 0 Å². The van der Waals surface area contributed by atoms with Gasteiger partial charge in [0.25, 0.3) is 0 Å². The number of thioether (sulfide) groups is 1. The van der Waals surface area contributed by atoms with Crippen molar-refractivity contribution in [1.29, 1.82) is 0 Å². The average Bonchev–Trinajstić information content (AvgIpc) is 2.38. The highest BCUT2D eigenvalue weighted by Gasteiger charge is 2.05. The van der Waals surface area contributed by atoms with E-state index in [2.05, 4.69) is 0 Å². The van der Waals surface area contributed by atoms with Crippen molar-refractivity contribution >= 4 is 29.3 Å². The monoisotopic (exact) mass is 296 g/mol. The van der Waals surface area contributed by atoms with Gasteiger partial charge in [-0.05, 0) is 42.0 Å². The van der Waals surface area contributed by atoms with Gasteiger partial charge in [0, 0.05) is 15.7 Å². The molecule has 0 saturated carbocycles. The highest BCUT2D eigenvalue weighted by Crippen LogP contribution is 2.25. The van der Waals surface area contributed by atoms with Crippen molar-refractivity contribution in [2.45, 2.75) is 10.6 Å². The minimum atomic E-state index is -0.958. The quantitative estimate of drug-likeness (QED) is 0.846. The van der Waals surface area contributed by atoms with Gasteiger partial charge in [-0.25, -0.2) is 9.18 Å². The zero-order valence-electron chi connectivity index (χ0n) is 9.77. The van der Waals surface area contributed by atoms with Gasteiger partial charge < -0.3 is 5.11 Å². The summed E-state index contributed by atoms with van der Waals surface area (Å²) in [7, 11) is 0. The Morgan fingerprint density at radius 1 is 1.21 bits per heavy atom. The van der Waals surface area contributed by atoms with E-state index >= 15 is 0 Å². The van der Waals surface area contributed by atoms with Gasteiger partial charge in [-0.1, -0.05) is 17.7 Å². The fourth-order valence-electron chi connectivity index (χ4n) is 1.49. The SMILES string of the molecule is O=C(O)c1ccc(SCc2ccc(Cl)cc2F)cc1. The van der Waals surface area contributed by atoms with Gasteiger partial charge in [0.2, 0.25) is 0 Å². The van der Waals surface area contributed by atoms with Crippen LogP contribution in [0.5, 0.6) is 0 Å².